The first-order valence-electron chi connectivity index (χ1n) is 11.6. The molecule has 2 aliphatic carbocycles. The largest absolute Gasteiger partial charge is 0.494 e. The lowest BCUT2D eigenvalue weighted by molar-refractivity contribution is -0.0170. The first-order valence-corrected chi connectivity index (χ1v) is 11.6. The number of benzene rings is 2. The number of rotatable bonds is 6. The summed E-state index contributed by atoms with van der Waals surface area (Å²) >= 11 is 0. The third-order valence-electron chi connectivity index (χ3n) is 7.54. The second kappa shape index (κ2) is 8.84. The van der Waals surface area contributed by atoms with Gasteiger partial charge in [-0.1, -0.05) is 93.9 Å². The molecule has 0 aromatic heterocycles. The fraction of sp³-hybridized carbons (Fsp3) is 0.448. The number of ether oxygens (including phenoxy) is 1. The molecule has 4 rings (SSSR count). The summed E-state index contributed by atoms with van der Waals surface area (Å²) in [5, 5.41) is 0. The van der Waals surface area contributed by atoms with Gasteiger partial charge in [0, 0.05) is 17.8 Å². The van der Waals surface area contributed by atoms with Crippen molar-refractivity contribution < 1.29 is 4.74 Å². The van der Waals surface area contributed by atoms with E-state index in [1.54, 1.807) is 0 Å². The lowest BCUT2D eigenvalue weighted by Crippen LogP contribution is -2.42. The number of allylic oxidation sites excluding steroid dienone is 2. The second-order valence-corrected chi connectivity index (χ2v) is 9.93. The summed E-state index contributed by atoms with van der Waals surface area (Å²) in [5.41, 5.74) is 2.88. The Hall–Kier alpha value is -2.28. The van der Waals surface area contributed by atoms with Crippen molar-refractivity contribution in [1.29, 1.82) is 0 Å². The van der Waals surface area contributed by atoms with E-state index in [0.717, 1.165) is 18.6 Å². The molecule has 1 heteroatoms. The fourth-order valence-electron chi connectivity index (χ4n) is 5.59. The van der Waals surface area contributed by atoms with Crippen LogP contribution < -0.4 is 0 Å². The Morgan fingerprint density at radius 1 is 0.933 bits per heavy atom. The van der Waals surface area contributed by atoms with Crippen molar-refractivity contribution in [3.63, 3.8) is 0 Å². The minimum absolute atomic E-state index is 0.0910. The Morgan fingerprint density at radius 2 is 1.60 bits per heavy atom. The minimum Gasteiger partial charge on any atom is -0.494 e. The van der Waals surface area contributed by atoms with Crippen molar-refractivity contribution in [1.82, 2.24) is 0 Å². The van der Waals surface area contributed by atoms with E-state index in [1.165, 1.54) is 24.0 Å². The molecule has 0 saturated heterocycles. The topological polar surface area (TPSA) is 9.23 Å². The van der Waals surface area contributed by atoms with Gasteiger partial charge in [0.15, 0.2) is 0 Å². The molecule has 0 unspecified atom stereocenters. The van der Waals surface area contributed by atoms with Crippen LogP contribution in [0.3, 0.4) is 0 Å². The van der Waals surface area contributed by atoms with Gasteiger partial charge in [0.25, 0.3) is 0 Å². The molecule has 30 heavy (non-hydrogen) atoms. The van der Waals surface area contributed by atoms with Crippen molar-refractivity contribution in [2.75, 3.05) is 0 Å². The summed E-state index contributed by atoms with van der Waals surface area (Å²) in [7, 11) is 0. The highest BCUT2D eigenvalue weighted by Crippen LogP contribution is 2.46. The third-order valence-corrected chi connectivity index (χ3v) is 7.54. The van der Waals surface area contributed by atoms with Gasteiger partial charge in [0.05, 0.1) is 5.76 Å². The molecule has 1 nitrogen and oxygen atoms in total. The molecule has 0 spiro atoms. The van der Waals surface area contributed by atoms with Crippen molar-refractivity contribution >= 4 is 0 Å². The van der Waals surface area contributed by atoms with Crippen LogP contribution in [0.5, 0.6) is 0 Å². The summed E-state index contributed by atoms with van der Waals surface area (Å²) in [5.74, 6) is 3.11. The average molecular weight is 401 g/mol. The average Bonchev–Trinajstić information content (AvgIpc) is 3.18. The van der Waals surface area contributed by atoms with Gasteiger partial charge in [0.1, 0.15) is 6.10 Å². The molecule has 158 valence electrons. The molecular weight excluding hydrogens is 364 g/mol. The normalized spacial score (nSPS) is 29.3. The van der Waals surface area contributed by atoms with Crippen LogP contribution in [0, 0.1) is 17.8 Å². The van der Waals surface area contributed by atoms with E-state index in [9.17, 15) is 0 Å². The Labute approximate surface area is 182 Å². The van der Waals surface area contributed by atoms with Crippen LogP contribution in [0.25, 0.3) is 0 Å². The molecule has 2 aromatic carbocycles. The minimum atomic E-state index is 0.0910. The van der Waals surface area contributed by atoms with Gasteiger partial charge in [0.2, 0.25) is 0 Å². The van der Waals surface area contributed by atoms with E-state index in [2.05, 4.69) is 100 Å². The highest BCUT2D eigenvalue weighted by molar-refractivity contribution is 5.31. The summed E-state index contributed by atoms with van der Waals surface area (Å²) in [6, 6.07) is 21.8. The van der Waals surface area contributed by atoms with E-state index < -0.39 is 0 Å². The van der Waals surface area contributed by atoms with E-state index in [0.29, 0.717) is 23.7 Å². The molecular formula is C29H36O. The summed E-state index contributed by atoms with van der Waals surface area (Å²) in [6.45, 7) is 11.3. The molecule has 0 N–H and O–H groups in total. The van der Waals surface area contributed by atoms with Crippen molar-refractivity contribution in [2.24, 2.45) is 17.8 Å². The molecule has 1 fully saturated rings. The van der Waals surface area contributed by atoms with Crippen molar-refractivity contribution in [2.45, 2.75) is 63.9 Å². The molecule has 0 radical (unpaired) electrons. The summed E-state index contributed by atoms with van der Waals surface area (Å²) < 4.78 is 6.89. The zero-order valence-electron chi connectivity index (χ0n) is 18.8. The van der Waals surface area contributed by atoms with Crippen LogP contribution in [-0.4, -0.2) is 6.10 Å². The molecule has 0 aliphatic heterocycles. The standard InChI is InChI=1S/C29H36O/c1-5-22-19-24(23-12-8-6-9-13-23)20-27(22)30-28-18-21(2)16-17-26(28)29(3,4)25-14-10-7-11-15-25/h5-15,20-22,24,26,28H,1,16-19H2,2-4H3/t21-,22+,24-,26-,28-/m1/s1. The van der Waals surface area contributed by atoms with Gasteiger partial charge >= 0.3 is 0 Å². The van der Waals surface area contributed by atoms with Crippen molar-refractivity contribution in [3.05, 3.63) is 96.3 Å². The molecule has 0 heterocycles. The van der Waals surface area contributed by atoms with E-state index >= 15 is 0 Å². The smallest absolute Gasteiger partial charge is 0.102 e. The van der Waals surface area contributed by atoms with Crippen LogP contribution in [0.2, 0.25) is 0 Å². The van der Waals surface area contributed by atoms with Crippen LogP contribution in [0.4, 0.5) is 0 Å². The van der Waals surface area contributed by atoms with Crippen LogP contribution in [0.15, 0.2) is 85.2 Å². The highest BCUT2D eigenvalue weighted by atomic mass is 16.5. The Balaban J connectivity index is 1.59. The zero-order valence-corrected chi connectivity index (χ0v) is 18.8. The molecule has 2 aromatic rings. The Kier molecular flexibility index (Phi) is 6.18. The lowest BCUT2D eigenvalue weighted by Gasteiger charge is -2.44. The number of hydrogen-bond donors (Lipinski definition) is 0. The molecule has 1 saturated carbocycles. The SMILES string of the molecule is C=C[C@H]1C[C@@H](c2ccccc2)C=C1O[C@@H]1C[C@H](C)CC[C@H]1C(C)(C)c1ccccc1. The van der Waals surface area contributed by atoms with Gasteiger partial charge in [-0.05, 0) is 47.8 Å². The van der Waals surface area contributed by atoms with E-state index in [4.69, 9.17) is 4.74 Å². The first-order chi connectivity index (χ1) is 14.5. The second-order valence-electron chi connectivity index (χ2n) is 9.93. The monoisotopic (exact) mass is 400 g/mol. The lowest BCUT2D eigenvalue weighted by atomic mass is 9.64. The Bertz CT molecular complexity index is 864. The molecule has 5 atom stereocenters. The van der Waals surface area contributed by atoms with Gasteiger partial charge in [-0.15, -0.1) is 6.58 Å². The van der Waals surface area contributed by atoms with Crippen LogP contribution >= 0.6 is 0 Å². The van der Waals surface area contributed by atoms with E-state index in [1.807, 2.05) is 0 Å². The van der Waals surface area contributed by atoms with Gasteiger partial charge in [-0.2, -0.15) is 0 Å². The van der Waals surface area contributed by atoms with Gasteiger partial charge < -0.3 is 4.74 Å². The van der Waals surface area contributed by atoms with E-state index in [-0.39, 0.29) is 11.5 Å². The maximum absolute atomic E-state index is 6.89. The summed E-state index contributed by atoms with van der Waals surface area (Å²) in [4.78, 5) is 0. The maximum atomic E-state index is 6.89. The molecule has 0 amide bonds. The predicted octanol–water partition coefficient (Wildman–Crippen LogP) is 7.66. The Morgan fingerprint density at radius 3 is 2.27 bits per heavy atom. The fourth-order valence-corrected chi connectivity index (χ4v) is 5.59. The first kappa shape index (κ1) is 21.0. The number of hydrogen-bond acceptors (Lipinski definition) is 1. The quantitative estimate of drug-likeness (QED) is 0.452. The molecule has 0 bridgehead atoms. The maximum Gasteiger partial charge on any atom is 0.102 e. The zero-order chi connectivity index (χ0) is 21.1. The van der Waals surface area contributed by atoms with Gasteiger partial charge in [-0.3, -0.25) is 0 Å². The predicted molar refractivity (Wildman–Crippen MR) is 126 cm³/mol. The van der Waals surface area contributed by atoms with Crippen LogP contribution in [-0.2, 0) is 10.2 Å². The van der Waals surface area contributed by atoms with Crippen LogP contribution in [0.1, 0.15) is 63.5 Å². The highest BCUT2D eigenvalue weighted by Gasteiger charge is 2.42. The van der Waals surface area contributed by atoms with Crippen molar-refractivity contribution in [3.8, 4) is 0 Å². The van der Waals surface area contributed by atoms with Gasteiger partial charge in [-0.25, -0.2) is 0 Å². The summed E-state index contributed by atoms with van der Waals surface area (Å²) in [6.07, 6.45) is 9.42. The third kappa shape index (κ3) is 4.26. The molecule has 2 aliphatic rings.